The number of anilines is 1. The molecule has 1 aromatic carbocycles. The van der Waals surface area contributed by atoms with E-state index in [1.165, 1.54) is 6.08 Å². The molecule has 102 valence electrons. The van der Waals surface area contributed by atoms with Crippen molar-refractivity contribution >= 4 is 23.6 Å². The third-order valence-electron chi connectivity index (χ3n) is 2.53. The lowest BCUT2D eigenvalue weighted by molar-refractivity contribution is -0.141. The Morgan fingerprint density at radius 1 is 1.47 bits per heavy atom. The topological polar surface area (TPSA) is 92.4 Å². The SMILES string of the molecule is CCC[C@@H](NC(=O)/C=C/c1cccc(N)c1)C(=O)O. The van der Waals surface area contributed by atoms with Crippen molar-refractivity contribution in [2.75, 3.05) is 5.73 Å². The molecule has 0 aliphatic heterocycles. The molecule has 0 saturated heterocycles. The lowest BCUT2D eigenvalue weighted by Crippen LogP contribution is -2.39. The van der Waals surface area contributed by atoms with E-state index in [9.17, 15) is 9.59 Å². The van der Waals surface area contributed by atoms with Crippen LogP contribution in [0.2, 0.25) is 0 Å². The maximum Gasteiger partial charge on any atom is 0.326 e. The summed E-state index contributed by atoms with van der Waals surface area (Å²) in [6.07, 6.45) is 4.00. The van der Waals surface area contributed by atoms with Crippen molar-refractivity contribution in [3.8, 4) is 0 Å². The smallest absolute Gasteiger partial charge is 0.326 e. The molecular formula is C14H18N2O3. The molecule has 0 unspecified atom stereocenters. The first-order valence-corrected chi connectivity index (χ1v) is 6.10. The zero-order chi connectivity index (χ0) is 14.3. The van der Waals surface area contributed by atoms with Gasteiger partial charge in [-0.3, -0.25) is 4.79 Å². The highest BCUT2D eigenvalue weighted by Crippen LogP contribution is 2.08. The molecule has 1 rings (SSSR count). The van der Waals surface area contributed by atoms with Crippen molar-refractivity contribution in [1.29, 1.82) is 0 Å². The highest BCUT2D eigenvalue weighted by molar-refractivity contribution is 5.94. The standard InChI is InChI=1S/C14H18N2O3/c1-2-4-12(14(18)19)16-13(17)8-7-10-5-3-6-11(15)9-10/h3,5-9,12H,2,4,15H2,1H3,(H,16,17)(H,18,19)/b8-7+/t12-/m1/s1. The van der Waals surface area contributed by atoms with Crippen molar-refractivity contribution in [3.05, 3.63) is 35.9 Å². The molecule has 0 saturated carbocycles. The van der Waals surface area contributed by atoms with Crippen LogP contribution in [0.15, 0.2) is 30.3 Å². The van der Waals surface area contributed by atoms with Crippen molar-refractivity contribution in [2.45, 2.75) is 25.8 Å². The Kier molecular flexibility index (Phi) is 5.60. The molecule has 0 radical (unpaired) electrons. The third-order valence-corrected chi connectivity index (χ3v) is 2.53. The van der Waals surface area contributed by atoms with Gasteiger partial charge in [-0.1, -0.05) is 25.5 Å². The minimum Gasteiger partial charge on any atom is -0.480 e. The van der Waals surface area contributed by atoms with Gasteiger partial charge in [-0.05, 0) is 30.2 Å². The fraction of sp³-hybridized carbons (Fsp3) is 0.286. The van der Waals surface area contributed by atoms with E-state index in [1.807, 2.05) is 6.92 Å². The number of benzene rings is 1. The number of carbonyl (C=O) groups is 2. The average molecular weight is 262 g/mol. The lowest BCUT2D eigenvalue weighted by atomic mass is 10.1. The van der Waals surface area contributed by atoms with E-state index in [4.69, 9.17) is 10.8 Å². The van der Waals surface area contributed by atoms with Gasteiger partial charge in [-0.2, -0.15) is 0 Å². The van der Waals surface area contributed by atoms with Gasteiger partial charge in [-0.15, -0.1) is 0 Å². The third kappa shape index (κ3) is 5.25. The Morgan fingerprint density at radius 2 is 2.21 bits per heavy atom. The van der Waals surface area contributed by atoms with Crippen molar-refractivity contribution < 1.29 is 14.7 Å². The van der Waals surface area contributed by atoms with Crippen LogP contribution in [0.3, 0.4) is 0 Å². The number of nitrogen functional groups attached to an aromatic ring is 1. The summed E-state index contributed by atoms with van der Waals surface area (Å²) >= 11 is 0. The summed E-state index contributed by atoms with van der Waals surface area (Å²) in [5, 5.41) is 11.4. The van der Waals surface area contributed by atoms with Gasteiger partial charge >= 0.3 is 5.97 Å². The van der Waals surface area contributed by atoms with Gasteiger partial charge in [0.2, 0.25) is 5.91 Å². The monoisotopic (exact) mass is 262 g/mol. The predicted octanol–water partition coefficient (Wildman–Crippen LogP) is 1.65. The molecule has 5 heteroatoms. The summed E-state index contributed by atoms with van der Waals surface area (Å²) in [5.41, 5.74) is 7.01. The van der Waals surface area contributed by atoms with Gasteiger partial charge in [0.25, 0.3) is 0 Å². The predicted molar refractivity (Wildman–Crippen MR) is 74.4 cm³/mol. The summed E-state index contributed by atoms with van der Waals surface area (Å²) in [7, 11) is 0. The molecule has 0 aliphatic carbocycles. The van der Waals surface area contributed by atoms with E-state index >= 15 is 0 Å². The number of carboxylic acids is 1. The Morgan fingerprint density at radius 3 is 2.79 bits per heavy atom. The van der Waals surface area contributed by atoms with Crippen LogP contribution in [0.1, 0.15) is 25.3 Å². The van der Waals surface area contributed by atoms with E-state index < -0.39 is 17.9 Å². The minimum absolute atomic E-state index is 0.410. The van der Waals surface area contributed by atoms with Crippen molar-refractivity contribution in [3.63, 3.8) is 0 Å². The number of carbonyl (C=O) groups excluding carboxylic acids is 1. The fourth-order valence-corrected chi connectivity index (χ4v) is 1.60. The maximum absolute atomic E-state index is 11.6. The van der Waals surface area contributed by atoms with Crippen LogP contribution in [0.5, 0.6) is 0 Å². The Bertz CT molecular complexity index is 483. The van der Waals surface area contributed by atoms with Crippen LogP contribution in [0.4, 0.5) is 5.69 Å². The lowest BCUT2D eigenvalue weighted by Gasteiger charge is -2.11. The number of hydrogen-bond donors (Lipinski definition) is 3. The van der Waals surface area contributed by atoms with Gasteiger partial charge in [0.1, 0.15) is 6.04 Å². The number of hydrogen-bond acceptors (Lipinski definition) is 3. The van der Waals surface area contributed by atoms with Gasteiger partial charge in [0, 0.05) is 11.8 Å². The Balaban J connectivity index is 2.61. The molecule has 1 atom stereocenters. The molecule has 19 heavy (non-hydrogen) atoms. The fourth-order valence-electron chi connectivity index (χ4n) is 1.60. The van der Waals surface area contributed by atoms with Crippen LogP contribution in [0, 0.1) is 0 Å². The highest BCUT2D eigenvalue weighted by atomic mass is 16.4. The van der Waals surface area contributed by atoms with E-state index in [2.05, 4.69) is 5.32 Å². The van der Waals surface area contributed by atoms with Crippen LogP contribution >= 0.6 is 0 Å². The van der Waals surface area contributed by atoms with Crippen LogP contribution in [0.25, 0.3) is 6.08 Å². The van der Waals surface area contributed by atoms with Gasteiger partial charge in [-0.25, -0.2) is 4.79 Å². The van der Waals surface area contributed by atoms with Crippen molar-refractivity contribution in [2.24, 2.45) is 0 Å². The average Bonchev–Trinajstić information content (AvgIpc) is 2.36. The van der Waals surface area contributed by atoms with Crippen molar-refractivity contribution in [1.82, 2.24) is 5.32 Å². The number of nitrogens with one attached hydrogen (secondary N) is 1. The highest BCUT2D eigenvalue weighted by Gasteiger charge is 2.17. The minimum atomic E-state index is -1.02. The quantitative estimate of drug-likeness (QED) is 0.537. The summed E-state index contributed by atoms with van der Waals surface area (Å²) in [5.74, 6) is -1.45. The molecule has 4 N–H and O–H groups in total. The molecule has 0 bridgehead atoms. The molecule has 0 fully saturated rings. The van der Waals surface area contributed by atoms with Crippen LogP contribution in [-0.4, -0.2) is 23.0 Å². The zero-order valence-electron chi connectivity index (χ0n) is 10.8. The van der Waals surface area contributed by atoms with Crippen LogP contribution < -0.4 is 11.1 Å². The molecule has 1 amide bonds. The molecule has 0 heterocycles. The van der Waals surface area contributed by atoms with E-state index in [-0.39, 0.29) is 0 Å². The summed E-state index contributed by atoms with van der Waals surface area (Å²) < 4.78 is 0. The summed E-state index contributed by atoms with van der Waals surface area (Å²) in [6.45, 7) is 1.87. The second-order valence-electron chi connectivity index (χ2n) is 4.19. The second kappa shape index (κ2) is 7.20. The first-order valence-electron chi connectivity index (χ1n) is 6.10. The number of rotatable bonds is 6. The van der Waals surface area contributed by atoms with Gasteiger partial charge in [0.15, 0.2) is 0 Å². The molecule has 1 aromatic rings. The molecule has 0 aromatic heterocycles. The molecule has 0 spiro atoms. The normalized spacial score (nSPS) is 12.3. The van der Waals surface area contributed by atoms with Gasteiger partial charge in [0.05, 0.1) is 0 Å². The molecular weight excluding hydrogens is 244 g/mol. The molecule has 5 nitrogen and oxygen atoms in total. The first-order chi connectivity index (χ1) is 9.02. The number of aliphatic carboxylic acids is 1. The molecule has 0 aliphatic rings. The maximum atomic E-state index is 11.6. The van der Waals surface area contributed by atoms with Gasteiger partial charge < -0.3 is 16.2 Å². The van der Waals surface area contributed by atoms with E-state index in [1.54, 1.807) is 30.3 Å². The van der Waals surface area contributed by atoms with E-state index in [0.717, 1.165) is 5.56 Å². The zero-order valence-corrected chi connectivity index (χ0v) is 10.8. The van der Waals surface area contributed by atoms with E-state index in [0.29, 0.717) is 18.5 Å². The Labute approximate surface area is 112 Å². The number of amides is 1. The van der Waals surface area contributed by atoms with Crippen LogP contribution in [-0.2, 0) is 9.59 Å². The largest absolute Gasteiger partial charge is 0.480 e. The summed E-state index contributed by atoms with van der Waals surface area (Å²) in [6, 6.07) is 6.22. The Hall–Kier alpha value is -2.30. The second-order valence-corrected chi connectivity index (χ2v) is 4.19. The first kappa shape index (κ1) is 14.8. The number of nitrogens with two attached hydrogens (primary N) is 1. The number of carboxylic acid groups (broad SMARTS) is 1. The summed E-state index contributed by atoms with van der Waals surface area (Å²) in [4.78, 5) is 22.5.